The van der Waals surface area contributed by atoms with E-state index in [2.05, 4.69) is 30.3 Å². The van der Waals surface area contributed by atoms with Gasteiger partial charge >= 0.3 is 0 Å². The molecule has 4 bridgehead atoms. The minimum absolute atomic E-state index is 0.371. The van der Waals surface area contributed by atoms with Crippen LogP contribution in [0.2, 0.25) is 0 Å². The van der Waals surface area contributed by atoms with Crippen molar-refractivity contribution in [2.24, 2.45) is 17.8 Å². The lowest BCUT2D eigenvalue weighted by Crippen LogP contribution is -2.48. The van der Waals surface area contributed by atoms with Gasteiger partial charge in [0.25, 0.3) is 0 Å². The highest BCUT2D eigenvalue weighted by Gasteiger charge is 2.51. The smallest absolute Gasteiger partial charge is 0.164 e. The molecule has 4 saturated carbocycles. The van der Waals surface area contributed by atoms with E-state index in [0.717, 1.165) is 45.2 Å². The van der Waals surface area contributed by atoms with Crippen LogP contribution < -0.4 is 0 Å². The lowest BCUT2D eigenvalue weighted by molar-refractivity contribution is -0.00518. The number of benzene rings is 4. The number of nitrogens with zero attached hydrogens (tertiary/aromatic N) is 4. The van der Waals surface area contributed by atoms with Gasteiger partial charge in [0.1, 0.15) is 0 Å². The second kappa shape index (κ2) is 9.10. The van der Waals surface area contributed by atoms with Gasteiger partial charge in [0.2, 0.25) is 0 Å². The molecule has 4 nitrogen and oxygen atoms in total. The van der Waals surface area contributed by atoms with E-state index in [4.69, 9.17) is 15.0 Å². The predicted molar refractivity (Wildman–Crippen MR) is 158 cm³/mol. The van der Waals surface area contributed by atoms with E-state index in [0.29, 0.717) is 28.5 Å². The Kier molecular flexibility index (Phi) is 5.35. The Balaban J connectivity index is 1.22. The van der Waals surface area contributed by atoms with E-state index in [1.54, 1.807) is 0 Å². The molecule has 0 saturated heterocycles. The fraction of sp³-hybridized carbons (Fsp3) is 0.278. The lowest BCUT2D eigenvalue weighted by Gasteiger charge is -2.57. The molecule has 4 aromatic carbocycles. The summed E-state index contributed by atoms with van der Waals surface area (Å²) in [6, 6.07) is 33.4. The van der Waals surface area contributed by atoms with E-state index < -0.39 is 0 Å². The van der Waals surface area contributed by atoms with Crippen molar-refractivity contribution in [2.45, 2.75) is 43.9 Å². The van der Waals surface area contributed by atoms with Crippen LogP contribution in [0.15, 0.2) is 91.0 Å². The minimum atomic E-state index is 0.371. The van der Waals surface area contributed by atoms with Crippen LogP contribution in [0.4, 0.5) is 0 Å². The Morgan fingerprint density at radius 1 is 0.600 bits per heavy atom. The molecule has 5 aromatic rings. The van der Waals surface area contributed by atoms with Gasteiger partial charge in [0.15, 0.2) is 17.5 Å². The van der Waals surface area contributed by atoms with Crippen molar-refractivity contribution in [3.8, 4) is 40.2 Å². The van der Waals surface area contributed by atoms with Crippen molar-refractivity contribution in [1.29, 1.82) is 5.26 Å². The van der Waals surface area contributed by atoms with Gasteiger partial charge in [-0.3, -0.25) is 0 Å². The third-order valence-electron chi connectivity index (χ3n) is 9.72. The molecule has 4 aliphatic rings. The monoisotopic (exact) mass is 518 g/mol. The molecule has 0 atom stereocenters. The van der Waals surface area contributed by atoms with Gasteiger partial charge in [-0.2, -0.15) is 5.26 Å². The van der Waals surface area contributed by atoms with Crippen molar-refractivity contribution < 1.29 is 0 Å². The molecular weight excluding hydrogens is 488 g/mol. The van der Waals surface area contributed by atoms with Gasteiger partial charge in [-0.15, -0.1) is 0 Å². The molecule has 40 heavy (non-hydrogen) atoms. The Morgan fingerprint density at radius 2 is 1.18 bits per heavy atom. The molecule has 9 rings (SSSR count). The molecule has 0 N–H and O–H groups in total. The first-order valence-corrected chi connectivity index (χ1v) is 14.5. The molecule has 0 aliphatic heterocycles. The van der Waals surface area contributed by atoms with Crippen LogP contribution in [-0.4, -0.2) is 15.0 Å². The van der Waals surface area contributed by atoms with E-state index >= 15 is 0 Å². The van der Waals surface area contributed by atoms with Crippen molar-refractivity contribution >= 4 is 10.8 Å². The van der Waals surface area contributed by atoms with Crippen LogP contribution in [-0.2, 0) is 5.41 Å². The maximum Gasteiger partial charge on any atom is 0.164 e. The van der Waals surface area contributed by atoms with Gasteiger partial charge < -0.3 is 0 Å². The number of hydrogen-bond acceptors (Lipinski definition) is 4. The van der Waals surface area contributed by atoms with E-state index in [-0.39, 0.29) is 0 Å². The third-order valence-corrected chi connectivity index (χ3v) is 9.72. The van der Waals surface area contributed by atoms with E-state index in [9.17, 15) is 5.26 Å². The summed E-state index contributed by atoms with van der Waals surface area (Å²) in [5, 5.41) is 11.6. The molecule has 0 unspecified atom stereocenters. The summed E-state index contributed by atoms with van der Waals surface area (Å²) in [4.78, 5) is 14.8. The zero-order valence-corrected chi connectivity index (χ0v) is 22.4. The predicted octanol–water partition coefficient (Wildman–Crippen LogP) is 8.37. The highest BCUT2D eigenvalue weighted by atomic mass is 15.0. The fourth-order valence-electron chi connectivity index (χ4n) is 8.30. The molecule has 0 spiro atoms. The first-order valence-electron chi connectivity index (χ1n) is 14.5. The highest BCUT2D eigenvalue weighted by Crippen LogP contribution is 2.60. The second-order valence-corrected chi connectivity index (χ2v) is 12.3. The lowest BCUT2D eigenvalue weighted by atomic mass is 9.48. The summed E-state index contributed by atoms with van der Waals surface area (Å²) in [5.74, 6) is 4.72. The maximum absolute atomic E-state index is 9.68. The quantitative estimate of drug-likeness (QED) is 0.240. The summed E-state index contributed by atoms with van der Waals surface area (Å²) in [6.07, 6.45) is 8.45. The van der Waals surface area contributed by atoms with Crippen molar-refractivity contribution in [2.75, 3.05) is 0 Å². The maximum atomic E-state index is 9.68. The second-order valence-electron chi connectivity index (χ2n) is 12.3. The average molecular weight is 519 g/mol. The van der Waals surface area contributed by atoms with Gasteiger partial charge in [-0.1, -0.05) is 78.9 Å². The first-order chi connectivity index (χ1) is 19.7. The first kappa shape index (κ1) is 23.5. The molecular formula is C36H30N4. The van der Waals surface area contributed by atoms with E-state index in [1.807, 2.05) is 66.7 Å². The van der Waals surface area contributed by atoms with Crippen LogP contribution in [0.1, 0.15) is 49.7 Å². The number of aromatic nitrogens is 3. The number of fused-ring (bicyclic) bond motifs is 1. The Bertz CT molecular complexity index is 1750. The number of rotatable bonds is 4. The largest absolute Gasteiger partial charge is 0.208 e. The summed E-state index contributed by atoms with van der Waals surface area (Å²) >= 11 is 0. The average Bonchev–Trinajstić information content (AvgIpc) is 3.00. The Labute approximate surface area is 234 Å². The van der Waals surface area contributed by atoms with Crippen LogP contribution in [0.3, 0.4) is 0 Å². The molecule has 4 aliphatic carbocycles. The fourth-order valence-corrected chi connectivity index (χ4v) is 8.30. The molecule has 0 amide bonds. The Hall–Kier alpha value is -4.36. The third kappa shape index (κ3) is 3.92. The van der Waals surface area contributed by atoms with Crippen molar-refractivity contribution in [1.82, 2.24) is 15.0 Å². The van der Waals surface area contributed by atoms with Gasteiger partial charge in [-0.25, -0.2) is 15.0 Å². The number of nitriles is 1. The van der Waals surface area contributed by atoms with Crippen LogP contribution in [0, 0.1) is 29.1 Å². The normalized spacial score (nSPS) is 24.7. The summed E-state index contributed by atoms with van der Waals surface area (Å²) < 4.78 is 0. The zero-order chi connectivity index (χ0) is 26.7. The minimum Gasteiger partial charge on any atom is -0.208 e. The molecule has 1 heterocycles. The SMILES string of the molecule is N#Cc1cccc2ccc(-c3nc(-c4ccccc4)nc(-c4ccc(C56C[C@H]7C[C@H](C5)C[C@@H](C6)C7)cc4)n3)cc12. The molecule has 4 fully saturated rings. The van der Waals surface area contributed by atoms with E-state index in [1.165, 1.54) is 44.1 Å². The number of hydrogen-bond donors (Lipinski definition) is 0. The molecule has 4 heteroatoms. The standard InChI is InChI=1S/C36H30N4/c37-22-30-8-4-7-26-9-10-29(18-32(26)30)35-39-33(27-5-2-1-3-6-27)38-34(40-35)28-11-13-31(14-12-28)36-19-23-15-24(20-36)17-25(16-23)21-36/h1-14,18,23-25H,15-17,19-21H2/t23-,24-,25-,36?. The topological polar surface area (TPSA) is 62.5 Å². The molecule has 0 radical (unpaired) electrons. The Morgan fingerprint density at radius 3 is 1.80 bits per heavy atom. The van der Waals surface area contributed by atoms with Crippen LogP contribution >= 0.6 is 0 Å². The summed E-state index contributed by atoms with van der Waals surface area (Å²) in [6.45, 7) is 0. The van der Waals surface area contributed by atoms with Gasteiger partial charge in [-0.05, 0) is 84.8 Å². The van der Waals surface area contributed by atoms with Crippen molar-refractivity contribution in [3.63, 3.8) is 0 Å². The van der Waals surface area contributed by atoms with Gasteiger partial charge in [0, 0.05) is 22.1 Å². The van der Waals surface area contributed by atoms with Crippen LogP contribution in [0.25, 0.3) is 44.9 Å². The summed E-state index contributed by atoms with van der Waals surface area (Å²) in [5.41, 5.74) is 5.37. The molecule has 194 valence electrons. The van der Waals surface area contributed by atoms with Crippen LogP contribution in [0.5, 0.6) is 0 Å². The molecule has 1 aromatic heterocycles. The highest BCUT2D eigenvalue weighted by molar-refractivity contribution is 5.91. The van der Waals surface area contributed by atoms with Crippen molar-refractivity contribution in [3.05, 3.63) is 102 Å². The zero-order valence-electron chi connectivity index (χ0n) is 22.4. The van der Waals surface area contributed by atoms with Gasteiger partial charge in [0.05, 0.1) is 11.6 Å². The summed E-state index contributed by atoms with van der Waals surface area (Å²) in [7, 11) is 0.